The van der Waals surface area contributed by atoms with Crippen molar-refractivity contribution in [2.45, 2.75) is 25.4 Å². The second-order valence-corrected chi connectivity index (χ2v) is 5.47. The maximum absolute atomic E-state index is 11.2. The Hall–Kier alpha value is -2.14. The number of hydrogen-bond donors (Lipinski definition) is 1. The zero-order valence-corrected chi connectivity index (χ0v) is 11.9. The summed E-state index contributed by atoms with van der Waals surface area (Å²) in [7, 11) is 0. The summed E-state index contributed by atoms with van der Waals surface area (Å²) in [6.45, 7) is 2.88. The van der Waals surface area contributed by atoms with Crippen LogP contribution in [-0.2, 0) is 6.54 Å². The molecule has 1 N–H and O–H groups in total. The standard InChI is InChI=1S/C16H19N3O2/c20-16(21)15-4-2-8-19(15)14-5-9-18(10-6-14)12-13-3-1-7-17-11-13/h1-4,7-8,11,14H,5-6,9-10,12H2,(H,20,21). The van der Waals surface area contributed by atoms with E-state index < -0.39 is 5.97 Å². The third-order valence-corrected chi connectivity index (χ3v) is 4.08. The molecule has 0 atom stereocenters. The summed E-state index contributed by atoms with van der Waals surface area (Å²) in [6, 6.07) is 7.82. The Balaban J connectivity index is 1.60. The third kappa shape index (κ3) is 3.13. The van der Waals surface area contributed by atoms with Crippen molar-refractivity contribution >= 4 is 5.97 Å². The number of aromatic nitrogens is 2. The largest absolute Gasteiger partial charge is 0.477 e. The average molecular weight is 285 g/mol. The number of hydrogen-bond acceptors (Lipinski definition) is 3. The number of piperidine rings is 1. The minimum atomic E-state index is -0.849. The summed E-state index contributed by atoms with van der Waals surface area (Å²) >= 11 is 0. The second kappa shape index (κ2) is 6.10. The highest BCUT2D eigenvalue weighted by atomic mass is 16.4. The number of rotatable bonds is 4. The number of pyridine rings is 1. The first kappa shape index (κ1) is 13.8. The van der Waals surface area contributed by atoms with Crippen LogP contribution >= 0.6 is 0 Å². The minimum Gasteiger partial charge on any atom is -0.477 e. The van der Waals surface area contributed by atoms with Gasteiger partial charge in [0.25, 0.3) is 0 Å². The number of carboxylic acids is 1. The van der Waals surface area contributed by atoms with Gasteiger partial charge in [-0.15, -0.1) is 0 Å². The molecule has 0 saturated carbocycles. The van der Waals surface area contributed by atoms with Gasteiger partial charge in [-0.2, -0.15) is 0 Å². The summed E-state index contributed by atoms with van der Waals surface area (Å²) in [5, 5.41) is 9.19. The van der Waals surface area contributed by atoms with Gasteiger partial charge in [0.2, 0.25) is 0 Å². The van der Waals surface area contributed by atoms with Gasteiger partial charge in [0.15, 0.2) is 0 Å². The van der Waals surface area contributed by atoms with Gasteiger partial charge in [-0.05, 0) is 36.6 Å². The van der Waals surface area contributed by atoms with Crippen LogP contribution in [0.2, 0.25) is 0 Å². The predicted octanol–water partition coefficient (Wildman–Crippen LogP) is 2.42. The van der Waals surface area contributed by atoms with Crippen molar-refractivity contribution in [3.05, 3.63) is 54.1 Å². The summed E-state index contributed by atoms with van der Waals surface area (Å²) in [5.74, 6) is -0.849. The molecule has 0 spiro atoms. The van der Waals surface area contributed by atoms with Crippen molar-refractivity contribution in [1.82, 2.24) is 14.5 Å². The lowest BCUT2D eigenvalue weighted by Gasteiger charge is -2.33. The first-order valence-electron chi connectivity index (χ1n) is 7.25. The van der Waals surface area contributed by atoms with E-state index in [2.05, 4.69) is 16.0 Å². The number of nitrogens with zero attached hydrogens (tertiary/aromatic N) is 3. The Morgan fingerprint density at radius 2 is 2.10 bits per heavy atom. The van der Waals surface area contributed by atoms with E-state index in [0.29, 0.717) is 5.69 Å². The van der Waals surface area contributed by atoms with Crippen LogP contribution in [0, 0.1) is 0 Å². The minimum absolute atomic E-state index is 0.288. The Morgan fingerprint density at radius 1 is 1.29 bits per heavy atom. The van der Waals surface area contributed by atoms with Gasteiger partial charge in [0.1, 0.15) is 5.69 Å². The highest BCUT2D eigenvalue weighted by Gasteiger charge is 2.23. The van der Waals surface area contributed by atoms with E-state index in [1.54, 1.807) is 12.3 Å². The van der Waals surface area contributed by atoms with E-state index in [1.807, 2.05) is 29.1 Å². The first-order chi connectivity index (χ1) is 10.2. The summed E-state index contributed by atoms with van der Waals surface area (Å²) in [6.07, 6.45) is 7.53. The molecule has 0 amide bonds. The van der Waals surface area contributed by atoms with Crippen molar-refractivity contribution in [2.75, 3.05) is 13.1 Å². The maximum atomic E-state index is 11.2. The molecule has 5 heteroatoms. The molecular formula is C16H19N3O2. The number of carboxylic acid groups (broad SMARTS) is 1. The summed E-state index contributed by atoms with van der Waals surface area (Å²) in [5.41, 5.74) is 1.61. The van der Waals surface area contributed by atoms with Crippen LogP contribution < -0.4 is 0 Å². The topological polar surface area (TPSA) is 58.4 Å². The Labute approximate surface area is 123 Å². The molecular weight excluding hydrogens is 266 g/mol. The van der Waals surface area contributed by atoms with Gasteiger partial charge in [0, 0.05) is 44.3 Å². The van der Waals surface area contributed by atoms with Crippen molar-refractivity contribution in [3.8, 4) is 0 Å². The molecule has 0 aliphatic carbocycles. The van der Waals surface area contributed by atoms with Gasteiger partial charge >= 0.3 is 5.97 Å². The fourth-order valence-electron chi connectivity index (χ4n) is 3.00. The molecule has 110 valence electrons. The maximum Gasteiger partial charge on any atom is 0.352 e. The highest BCUT2D eigenvalue weighted by Crippen LogP contribution is 2.25. The lowest BCUT2D eigenvalue weighted by molar-refractivity contribution is 0.0678. The number of likely N-dealkylation sites (tertiary alicyclic amines) is 1. The van der Waals surface area contributed by atoms with Crippen LogP contribution in [0.5, 0.6) is 0 Å². The van der Waals surface area contributed by atoms with Crippen LogP contribution in [0.4, 0.5) is 0 Å². The monoisotopic (exact) mass is 285 g/mol. The van der Waals surface area contributed by atoms with Crippen molar-refractivity contribution in [2.24, 2.45) is 0 Å². The molecule has 1 saturated heterocycles. The van der Waals surface area contributed by atoms with E-state index in [0.717, 1.165) is 32.5 Å². The second-order valence-electron chi connectivity index (χ2n) is 5.47. The molecule has 1 aliphatic rings. The van der Waals surface area contributed by atoms with Crippen molar-refractivity contribution in [1.29, 1.82) is 0 Å². The van der Waals surface area contributed by atoms with E-state index in [1.165, 1.54) is 5.56 Å². The number of aromatic carboxylic acids is 1. The molecule has 0 radical (unpaired) electrons. The van der Waals surface area contributed by atoms with Gasteiger partial charge in [-0.1, -0.05) is 6.07 Å². The smallest absolute Gasteiger partial charge is 0.352 e. The Morgan fingerprint density at radius 3 is 2.76 bits per heavy atom. The van der Waals surface area contributed by atoms with E-state index >= 15 is 0 Å². The first-order valence-corrected chi connectivity index (χ1v) is 7.25. The quantitative estimate of drug-likeness (QED) is 0.937. The van der Waals surface area contributed by atoms with Crippen LogP contribution in [0.25, 0.3) is 0 Å². The van der Waals surface area contributed by atoms with Crippen LogP contribution in [0.3, 0.4) is 0 Å². The normalized spacial score (nSPS) is 17.0. The summed E-state index contributed by atoms with van der Waals surface area (Å²) < 4.78 is 1.91. The van der Waals surface area contributed by atoms with Gasteiger partial charge in [0.05, 0.1) is 0 Å². The van der Waals surface area contributed by atoms with E-state index in [4.69, 9.17) is 0 Å². The van der Waals surface area contributed by atoms with Gasteiger partial charge < -0.3 is 9.67 Å². The highest BCUT2D eigenvalue weighted by molar-refractivity contribution is 5.85. The van der Waals surface area contributed by atoms with Crippen molar-refractivity contribution in [3.63, 3.8) is 0 Å². The van der Waals surface area contributed by atoms with Gasteiger partial charge in [-0.25, -0.2) is 4.79 Å². The zero-order valence-electron chi connectivity index (χ0n) is 11.9. The molecule has 1 fully saturated rings. The molecule has 2 aromatic rings. The fourth-order valence-corrected chi connectivity index (χ4v) is 3.00. The molecule has 0 aromatic carbocycles. The molecule has 3 heterocycles. The lowest BCUT2D eigenvalue weighted by Crippen LogP contribution is -2.34. The molecule has 5 nitrogen and oxygen atoms in total. The lowest BCUT2D eigenvalue weighted by atomic mass is 10.0. The SMILES string of the molecule is O=C(O)c1cccn1C1CCN(Cc2cccnc2)CC1. The van der Waals surface area contributed by atoms with Crippen molar-refractivity contribution < 1.29 is 9.90 Å². The Kier molecular flexibility index (Phi) is 4.01. The number of carbonyl (C=O) groups is 1. The average Bonchev–Trinajstić information content (AvgIpc) is 2.99. The summed E-state index contributed by atoms with van der Waals surface area (Å²) in [4.78, 5) is 17.7. The predicted molar refractivity (Wildman–Crippen MR) is 79.2 cm³/mol. The fraction of sp³-hybridized carbons (Fsp3) is 0.375. The third-order valence-electron chi connectivity index (χ3n) is 4.08. The van der Waals surface area contributed by atoms with Crippen LogP contribution in [0.15, 0.2) is 42.9 Å². The molecule has 3 rings (SSSR count). The van der Waals surface area contributed by atoms with Crippen LogP contribution in [-0.4, -0.2) is 38.6 Å². The van der Waals surface area contributed by atoms with Gasteiger partial charge in [-0.3, -0.25) is 9.88 Å². The van der Waals surface area contributed by atoms with Crippen LogP contribution in [0.1, 0.15) is 34.9 Å². The van der Waals surface area contributed by atoms with E-state index in [-0.39, 0.29) is 6.04 Å². The Bertz CT molecular complexity index is 601. The molecule has 0 unspecified atom stereocenters. The zero-order chi connectivity index (χ0) is 14.7. The van der Waals surface area contributed by atoms with E-state index in [9.17, 15) is 9.90 Å². The molecule has 2 aromatic heterocycles. The molecule has 21 heavy (non-hydrogen) atoms. The molecule has 1 aliphatic heterocycles. The molecule has 0 bridgehead atoms.